The van der Waals surface area contributed by atoms with E-state index in [-0.39, 0.29) is 5.78 Å². The maximum atomic E-state index is 12.9. The lowest BCUT2D eigenvalue weighted by Gasteiger charge is -2.26. The first-order valence-electron chi connectivity index (χ1n) is 9.07. The first-order chi connectivity index (χ1) is 13.1. The quantitative estimate of drug-likeness (QED) is 0.631. The molecule has 2 aromatic heterocycles. The SMILES string of the molecule is Cc1ccc(C2C(c3ccccc3)C(=O)C(=O)N2CCCn2ccnc2)o1. The Labute approximate surface area is 157 Å². The normalized spacial score (nSPS) is 19.8. The lowest BCUT2D eigenvalue weighted by Crippen LogP contribution is -2.31. The number of benzene rings is 1. The van der Waals surface area contributed by atoms with E-state index in [2.05, 4.69) is 4.98 Å². The van der Waals surface area contributed by atoms with Gasteiger partial charge in [-0.25, -0.2) is 4.98 Å². The Morgan fingerprint density at radius 1 is 1.07 bits per heavy atom. The van der Waals surface area contributed by atoms with E-state index in [0.717, 1.165) is 24.3 Å². The van der Waals surface area contributed by atoms with Crippen molar-refractivity contribution in [2.75, 3.05) is 6.54 Å². The van der Waals surface area contributed by atoms with Crippen LogP contribution in [-0.4, -0.2) is 32.7 Å². The summed E-state index contributed by atoms with van der Waals surface area (Å²) in [5, 5.41) is 0. The maximum Gasteiger partial charge on any atom is 0.291 e. The van der Waals surface area contributed by atoms with Gasteiger partial charge in [-0.3, -0.25) is 9.59 Å². The van der Waals surface area contributed by atoms with Gasteiger partial charge in [0.1, 0.15) is 17.6 Å². The molecular weight excluding hydrogens is 342 g/mol. The number of ketones is 1. The predicted molar refractivity (Wildman–Crippen MR) is 98.9 cm³/mol. The number of hydrogen-bond acceptors (Lipinski definition) is 4. The number of imidazole rings is 1. The van der Waals surface area contributed by atoms with E-state index in [4.69, 9.17) is 4.42 Å². The first-order valence-corrected chi connectivity index (χ1v) is 9.07. The van der Waals surface area contributed by atoms with Crippen molar-refractivity contribution in [3.63, 3.8) is 0 Å². The van der Waals surface area contributed by atoms with Gasteiger partial charge in [-0.1, -0.05) is 30.3 Å². The van der Waals surface area contributed by atoms with Gasteiger partial charge in [0.05, 0.1) is 12.2 Å². The monoisotopic (exact) mass is 363 g/mol. The summed E-state index contributed by atoms with van der Waals surface area (Å²) in [6.07, 6.45) is 6.09. The minimum absolute atomic E-state index is 0.372. The molecule has 3 heterocycles. The van der Waals surface area contributed by atoms with Crippen LogP contribution in [0.5, 0.6) is 0 Å². The Bertz CT molecular complexity index is 931. The largest absolute Gasteiger partial charge is 0.464 e. The molecule has 6 heteroatoms. The van der Waals surface area contributed by atoms with Crippen molar-refractivity contribution in [1.29, 1.82) is 0 Å². The zero-order chi connectivity index (χ0) is 18.8. The van der Waals surface area contributed by atoms with Gasteiger partial charge in [-0.15, -0.1) is 0 Å². The molecule has 0 saturated carbocycles. The molecule has 2 atom stereocenters. The van der Waals surface area contributed by atoms with Gasteiger partial charge in [-0.2, -0.15) is 0 Å². The van der Waals surface area contributed by atoms with Gasteiger partial charge in [0.2, 0.25) is 5.78 Å². The number of Topliss-reactive ketones (excluding diaryl/α,β-unsaturated/α-hetero) is 1. The highest BCUT2D eigenvalue weighted by Gasteiger charge is 2.49. The van der Waals surface area contributed by atoms with Crippen LogP contribution >= 0.6 is 0 Å². The fourth-order valence-corrected chi connectivity index (χ4v) is 3.73. The second kappa shape index (κ2) is 7.23. The number of carbonyl (C=O) groups is 2. The smallest absolute Gasteiger partial charge is 0.291 e. The topological polar surface area (TPSA) is 68.3 Å². The van der Waals surface area contributed by atoms with Crippen molar-refractivity contribution in [3.05, 3.63) is 78.3 Å². The Hall–Kier alpha value is -3.15. The summed E-state index contributed by atoms with van der Waals surface area (Å²) in [4.78, 5) is 31.3. The molecule has 1 aliphatic rings. The summed E-state index contributed by atoms with van der Waals surface area (Å²) in [6, 6.07) is 12.8. The van der Waals surface area contributed by atoms with E-state index < -0.39 is 17.9 Å². The van der Waals surface area contributed by atoms with Crippen molar-refractivity contribution < 1.29 is 14.0 Å². The summed E-state index contributed by atoms with van der Waals surface area (Å²) in [7, 11) is 0. The average Bonchev–Trinajstić information content (AvgIpc) is 3.39. The van der Waals surface area contributed by atoms with Crippen molar-refractivity contribution in [3.8, 4) is 0 Å². The van der Waals surface area contributed by atoms with Crippen LogP contribution in [0.1, 0.15) is 35.5 Å². The molecule has 1 aliphatic heterocycles. The van der Waals surface area contributed by atoms with Crippen LogP contribution < -0.4 is 0 Å². The van der Waals surface area contributed by atoms with Crippen molar-refractivity contribution in [2.24, 2.45) is 0 Å². The number of likely N-dealkylation sites (tertiary alicyclic amines) is 1. The van der Waals surface area contributed by atoms with Crippen LogP contribution in [0.2, 0.25) is 0 Å². The molecule has 1 aromatic carbocycles. The number of furan rings is 1. The molecule has 0 radical (unpaired) electrons. The van der Waals surface area contributed by atoms with E-state index in [1.54, 1.807) is 17.4 Å². The summed E-state index contributed by atoms with van der Waals surface area (Å²) >= 11 is 0. The minimum Gasteiger partial charge on any atom is -0.464 e. The molecule has 4 rings (SSSR count). The molecule has 2 unspecified atom stereocenters. The number of hydrogen-bond donors (Lipinski definition) is 0. The molecule has 27 heavy (non-hydrogen) atoms. The number of amides is 1. The number of nitrogens with zero attached hydrogens (tertiary/aromatic N) is 3. The fourth-order valence-electron chi connectivity index (χ4n) is 3.73. The molecule has 0 bridgehead atoms. The third kappa shape index (κ3) is 3.30. The second-order valence-corrected chi connectivity index (χ2v) is 6.80. The fraction of sp³-hybridized carbons (Fsp3) is 0.286. The summed E-state index contributed by atoms with van der Waals surface area (Å²) in [5.41, 5.74) is 0.840. The third-order valence-corrected chi connectivity index (χ3v) is 4.99. The highest BCUT2D eigenvalue weighted by atomic mass is 16.3. The highest BCUT2D eigenvalue weighted by Crippen LogP contribution is 2.43. The average molecular weight is 363 g/mol. The molecule has 3 aromatic rings. The molecule has 1 fully saturated rings. The highest BCUT2D eigenvalue weighted by molar-refractivity contribution is 6.40. The number of rotatable bonds is 6. The minimum atomic E-state index is -0.544. The van der Waals surface area contributed by atoms with Crippen LogP contribution in [-0.2, 0) is 16.1 Å². The number of aryl methyl sites for hydroxylation is 2. The van der Waals surface area contributed by atoms with Gasteiger partial charge < -0.3 is 13.9 Å². The Kier molecular flexibility index (Phi) is 4.62. The molecule has 0 aliphatic carbocycles. The van der Waals surface area contributed by atoms with Gasteiger partial charge in [0.15, 0.2) is 0 Å². The van der Waals surface area contributed by atoms with Crippen molar-refractivity contribution in [1.82, 2.24) is 14.5 Å². The van der Waals surface area contributed by atoms with Gasteiger partial charge in [0, 0.05) is 25.5 Å². The van der Waals surface area contributed by atoms with Gasteiger partial charge in [-0.05, 0) is 31.0 Å². The standard InChI is InChI=1S/C21H21N3O3/c1-15-8-9-17(27-15)19-18(16-6-3-2-4-7-16)20(25)21(26)24(19)12-5-11-23-13-10-22-14-23/h2-4,6-10,13-14,18-19H,5,11-12H2,1H3. The lowest BCUT2D eigenvalue weighted by molar-refractivity contribution is -0.140. The van der Waals surface area contributed by atoms with Crippen LogP contribution in [0.3, 0.4) is 0 Å². The Morgan fingerprint density at radius 3 is 2.56 bits per heavy atom. The Balaban J connectivity index is 1.63. The summed E-state index contributed by atoms with van der Waals surface area (Å²) in [6.45, 7) is 3.08. The molecule has 1 saturated heterocycles. The Morgan fingerprint density at radius 2 is 1.89 bits per heavy atom. The molecule has 0 N–H and O–H groups in total. The van der Waals surface area contributed by atoms with Crippen molar-refractivity contribution in [2.45, 2.75) is 31.8 Å². The lowest BCUT2D eigenvalue weighted by atomic mass is 9.89. The first kappa shape index (κ1) is 17.3. The maximum absolute atomic E-state index is 12.9. The zero-order valence-corrected chi connectivity index (χ0v) is 15.1. The van der Waals surface area contributed by atoms with E-state index in [1.807, 2.05) is 60.2 Å². The third-order valence-electron chi connectivity index (χ3n) is 4.99. The molecule has 0 spiro atoms. The predicted octanol–water partition coefficient (Wildman–Crippen LogP) is 3.11. The van der Waals surface area contributed by atoms with Crippen LogP contribution in [0.15, 0.2) is 65.6 Å². The number of aromatic nitrogens is 2. The van der Waals surface area contributed by atoms with Crippen molar-refractivity contribution >= 4 is 11.7 Å². The molecular formula is C21H21N3O3. The molecule has 1 amide bonds. The van der Waals surface area contributed by atoms with E-state index in [9.17, 15) is 9.59 Å². The van der Waals surface area contributed by atoms with E-state index in [1.165, 1.54) is 0 Å². The van der Waals surface area contributed by atoms with Gasteiger partial charge in [0.25, 0.3) is 5.91 Å². The molecule has 138 valence electrons. The molecule has 6 nitrogen and oxygen atoms in total. The van der Waals surface area contributed by atoms with E-state index in [0.29, 0.717) is 12.3 Å². The summed E-state index contributed by atoms with van der Waals surface area (Å²) < 4.78 is 7.80. The zero-order valence-electron chi connectivity index (χ0n) is 15.1. The summed E-state index contributed by atoms with van der Waals surface area (Å²) in [5.74, 6) is 0.0686. The number of carbonyl (C=O) groups excluding carboxylic acids is 2. The van der Waals surface area contributed by atoms with Crippen LogP contribution in [0.25, 0.3) is 0 Å². The van der Waals surface area contributed by atoms with Crippen LogP contribution in [0.4, 0.5) is 0 Å². The van der Waals surface area contributed by atoms with Gasteiger partial charge >= 0.3 is 0 Å². The van der Waals surface area contributed by atoms with E-state index >= 15 is 0 Å². The second-order valence-electron chi connectivity index (χ2n) is 6.80. The van der Waals surface area contributed by atoms with Crippen LogP contribution in [0, 0.1) is 6.92 Å².